The Bertz CT molecular complexity index is 538. The van der Waals surface area contributed by atoms with Crippen LogP contribution >= 0.6 is 0 Å². The quantitative estimate of drug-likeness (QED) is 0.459. The van der Waals surface area contributed by atoms with Crippen LogP contribution in [0.5, 0.6) is 5.75 Å². The highest BCUT2D eigenvalue weighted by atomic mass is 19.1. The van der Waals surface area contributed by atoms with Gasteiger partial charge in [0.2, 0.25) is 0 Å². The second-order valence-electron chi connectivity index (χ2n) is 6.93. The Morgan fingerprint density at radius 3 is 2.67 bits per heavy atom. The summed E-state index contributed by atoms with van der Waals surface area (Å²) in [5.74, 6) is 0.331. The molecule has 0 spiro atoms. The molecular weight excluding hydrogens is 307 g/mol. The summed E-state index contributed by atoms with van der Waals surface area (Å²) in [6.45, 7) is 5.84. The van der Waals surface area contributed by atoms with Crippen molar-refractivity contribution in [2.24, 2.45) is 5.92 Å². The molecule has 1 aliphatic carbocycles. The Labute approximate surface area is 144 Å². The lowest BCUT2D eigenvalue weighted by atomic mass is 9.91. The molecule has 1 aromatic rings. The molecular formula is C20H29FO3. The summed E-state index contributed by atoms with van der Waals surface area (Å²) in [5, 5.41) is 0. The fourth-order valence-corrected chi connectivity index (χ4v) is 2.87. The fourth-order valence-electron chi connectivity index (χ4n) is 2.87. The van der Waals surface area contributed by atoms with Gasteiger partial charge in [-0.1, -0.05) is 39.5 Å². The molecule has 0 bridgehead atoms. The molecule has 24 heavy (non-hydrogen) atoms. The number of carbonyl (C=O) groups is 1. The van der Waals surface area contributed by atoms with Gasteiger partial charge in [-0.2, -0.15) is 0 Å². The van der Waals surface area contributed by atoms with Crippen molar-refractivity contribution in [3.05, 3.63) is 29.6 Å². The number of aryl methyl sites for hydroxylation is 1. The topological polar surface area (TPSA) is 35.5 Å². The van der Waals surface area contributed by atoms with E-state index in [1.165, 1.54) is 25.3 Å². The van der Waals surface area contributed by atoms with Gasteiger partial charge in [-0.3, -0.25) is 4.79 Å². The van der Waals surface area contributed by atoms with Gasteiger partial charge in [-0.15, -0.1) is 0 Å². The number of esters is 1. The van der Waals surface area contributed by atoms with Gasteiger partial charge in [0.1, 0.15) is 23.8 Å². The van der Waals surface area contributed by atoms with Gasteiger partial charge >= 0.3 is 5.97 Å². The molecule has 1 unspecified atom stereocenters. The molecule has 0 aliphatic heterocycles. The molecule has 4 heteroatoms. The second kappa shape index (κ2) is 9.05. The van der Waals surface area contributed by atoms with Crippen LogP contribution in [0.2, 0.25) is 0 Å². The minimum atomic E-state index is -0.226. The monoisotopic (exact) mass is 336 g/mol. The third kappa shape index (κ3) is 5.50. The van der Waals surface area contributed by atoms with E-state index in [-0.39, 0.29) is 29.9 Å². The van der Waals surface area contributed by atoms with Crippen LogP contribution < -0.4 is 4.74 Å². The molecule has 2 rings (SSSR count). The highest BCUT2D eigenvalue weighted by Crippen LogP contribution is 2.30. The average molecular weight is 336 g/mol. The second-order valence-corrected chi connectivity index (χ2v) is 6.93. The van der Waals surface area contributed by atoms with Crippen molar-refractivity contribution in [1.82, 2.24) is 0 Å². The summed E-state index contributed by atoms with van der Waals surface area (Å²) >= 11 is 0. The summed E-state index contributed by atoms with van der Waals surface area (Å²) in [6, 6.07) is 4.76. The maximum atomic E-state index is 13.2. The van der Waals surface area contributed by atoms with Crippen molar-refractivity contribution < 1.29 is 18.7 Å². The van der Waals surface area contributed by atoms with Crippen molar-refractivity contribution in [3.8, 4) is 5.75 Å². The van der Waals surface area contributed by atoms with Crippen LogP contribution in [-0.4, -0.2) is 18.2 Å². The lowest BCUT2D eigenvalue weighted by Crippen LogP contribution is -2.41. The van der Waals surface area contributed by atoms with Gasteiger partial charge in [0.05, 0.1) is 5.92 Å². The zero-order valence-corrected chi connectivity index (χ0v) is 15.0. The normalized spacial score (nSPS) is 21.0. The summed E-state index contributed by atoms with van der Waals surface area (Å²) in [5.41, 5.74) is 0.576. The first-order valence-corrected chi connectivity index (χ1v) is 9.13. The Morgan fingerprint density at radius 1 is 1.25 bits per heavy atom. The maximum Gasteiger partial charge on any atom is 0.308 e. The minimum Gasteiger partial charge on any atom is -0.490 e. The van der Waals surface area contributed by atoms with Crippen LogP contribution in [0.25, 0.3) is 0 Å². The Balaban J connectivity index is 1.65. The van der Waals surface area contributed by atoms with E-state index in [4.69, 9.17) is 9.47 Å². The van der Waals surface area contributed by atoms with Crippen molar-refractivity contribution in [1.29, 1.82) is 0 Å². The van der Waals surface area contributed by atoms with E-state index in [0.717, 1.165) is 12.8 Å². The van der Waals surface area contributed by atoms with Gasteiger partial charge in [0.15, 0.2) is 0 Å². The van der Waals surface area contributed by atoms with Crippen LogP contribution in [0.1, 0.15) is 64.4 Å². The molecule has 1 fully saturated rings. The lowest BCUT2D eigenvalue weighted by Gasteiger charge is -2.35. The molecule has 0 N–H and O–H groups in total. The largest absolute Gasteiger partial charge is 0.490 e. The number of benzene rings is 1. The standard InChI is InChI=1S/C20H29FO3/c1-4-5-6-7-8-14(2)20(22)24-18-12-17(13-18)23-16-9-10-19(21)15(3)11-16/h9-11,14,17-18H,4-8,12-13H2,1-3H3. The summed E-state index contributed by atoms with van der Waals surface area (Å²) in [4.78, 5) is 12.1. The smallest absolute Gasteiger partial charge is 0.308 e. The van der Waals surface area contributed by atoms with Crippen molar-refractivity contribution in [2.75, 3.05) is 0 Å². The zero-order chi connectivity index (χ0) is 17.5. The van der Waals surface area contributed by atoms with Crippen molar-refractivity contribution in [2.45, 2.75) is 77.9 Å². The Morgan fingerprint density at radius 2 is 2.00 bits per heavy atom. The number of hydrogen-bond donors (Lipinski definition) is 0. The lowest BCUT2D eigenvalue weighted by molar-refractivity contribution is -0.162. The predicted octanol–water partition coefficient (Wildman–Crippen LogP) is 5.19. The number of carbonyl (C=O) groups excluding carboxylic acids is 1. The third-order valence-electron chi connectivity index (χ3n) is 4.66. The predicted molar refractivity (Wildman–Crippen MR) is 92.6 cm³/mol. The number of ether oxygens (including phenoxy) is 2. The van der Waals surface area contributed by atoms with E-state index in [1.807, 2.05) is 6.92 Å². The highest BCUT2D eigenvalue weighted by molar-refractivity contribution is 5.72. The molecule has 0 amide bonds. The molecule has 0 radical (unpaired) electrons. The van der Waals surface area contributed by atoms with Gasteiger partial charge in [0.25, 0.3) is 0 Å². The summed E-state index contributed by atoms with van der Waals surface area (Å²) < 4.78 is 24.6. The van der Waals surface area contributed by atoms with Crippen LogP contribution in [0.4, 0.5) is 4.39 Å². The van der Waals surface area contributed by atoms with Crippen molar-refractivity contribution >= 4 is 5.97 Å². The highest BCUT2D eigenvalue weighted by Gasteiger charge is 2.34. The van der Waals surface area contributed by atoms with Gasteiger partial charge < -0.3 is 9.47 Å². The van der Waals surface area contributed by atoms with Crippen molar-refractivity contribution in [3.63, 3.8) is 0 Å². The zero-order valence-electron chi connectivity index (χ0n) is 15.0. The van der Waals surface area contributed by atoms with E-state index in [2.05, 4.69) is 6.92 Å². The van der Waals surface area contributed by atoms with E-state index in [1.54, 1.807) is 19.1 Å². The Hall–Kier alpha value is -1.58. The molecule has 1 aromatic carbocycles. The fraction of sp³-hybridized carbons (Fsp3) is 0.650. The molecule has 1 atom stereocenters. The molecule has 134 valence electrons. The van der Waals surface area contributed by atoms with Gasteiger partial charge in [0, 0.05) is 12.8 Å². The van der Waals surface area contributed by atoms with E-state index in [9.17, 15) is 9.18 Å². The van der Waals surface area contributed by atoms with Crippen LogP contribution in [0, 0.1) is 18.7 Å². The van der Waals surface area contributed by atoms with E-state index in [0.29, 0.717) is 24.2 Å². The van der Waals surface area contributed by atoms with Gasteiger partial charge in [-0.05, 0) is 37.1 Å². The number of hydrogen-bond acceptors (Lipinski definition) is 3. The van der Waals surface area contributed by atoms with Crippen LogP contribution in [-0.2, 0) is 9.53 Å². The number of rotatable bonds is 9. The number of halogens is 1. The van der Waals surface area contributed by atoms with E-state index >= 15 is 0 Å². The molecule has 1 saturated carbocycles. The Kier molecular flexibility index (Phi) is 7.07. The number of unbranched alkanes of at least 4 members (excludes halogenated alkanes) is 3. The molecule has 1 aliphatic rings. The third-order valence-corrected chi connectivity index (χ3v) is 4.66. The minimum absolute atomic E-state index is 0.0263. The SMILES string of the molecule is CCCCCCC(C)C(=O)OC1CC(Oc2ccc(F)c(C)c2)C1. The average Bonchev–Trinajstić information content (AvgIpc) is 2.52. The van der Waals surface area contributed by atoms with Gasteiger partial charge in [-0.25, -0.2) is 4.39 Å². The molecule has 3 nitrogen and oxygen atoms in total. The van der Waals surface area contributed by atoms with Crippen LogP contribution in [0.3, 0.4) is 0 Å². The van der Waals surface area contributed by atoms with E-state index < -0.39 is 0 Å². The summed E-state index contributed by atoms with van der Waals surface area (Å²) in [6.07, 6.45) is 7.04. The molecule has 0 saturated heterocycles. The molecule has 0 aromatic heterocycles. The first-order valence-electron chi connectivity index (χ1n) is 9.13. The van der Waals surface area contributed by atoms with Crippen LogP contribution in [0.15, 0.2) is 18.2 Å². The first-order chi connectivity index (χ1) is 11.5. The maximum absolute atomic E-state index is 13.2. The molecule has 0 heterocycles. The first kappa shape index (κ1) is 18.8. The summed E-state index contributed by atoms with van der Waals surface area (Å²) in [7, 11) is 0.